The van der Waals surface area contributed by atoms with Gasteiger partial charge in [-0.2, -0.15) is 0 Å². The second kappa shape index (κ2) is 5.30. The van der Waals surface area contributed by atoms with Crippen LogP contribution in [0.5, 0.6) is 0 Å². The molecule has 0 atom stereocenters. The van der Waals surface area contributed by atoms with Crippen molar-refractivity contribution in [3.8, 4) is 11.3 Å². The molecule has 0 saturated heterocycles. The number of aryl methyl sites for hydroxylation is 1. The zero-order valence-electron chi connectivity index (χ0n) is 11.0. The Balaban J connectivity index is 2.05. The number of nitrogens with two attached hydrogens (primary N) is 2. The summed E-state index contributed by atoms with van der Waals surface area (Å²) >= 11 is 0. The van der Waals surface area contributed by atoms with E-state index in [1.807, 2.05) is 24.3 Å². The fourth-order valence-electron chi connectivity index (χ4n) is 2.20. The van der Waals surface area contributed by atoms with Gasteiger partial charge >= 0.3 is 0 Å². The fraction of sp³-hybridized carbons (Fsp3) is 0.200. The van der Waals surface area contributed by atoms with Gasteiger partial charge in [0.25, 0.3) is 0 Å². The van der Waals surface area contributed by atoms with Gasteiger partial charge in [0.1, 0.15) is 17.7 Å². The molecule has 0 aliphatic rings. The van der Waals surface area contributed by atoms with Gasteiger partial charge in [0.2, 0.25) is 0 Å². The molecular weight excluding hydrogens is 252 g/mol. The van der Waals surface area contributed by atoms with E-state index in [9.17, 15) is 0 Å². The molecule has 0 radical (unpaired) electrons. The van der Waals surface area contributed by atoms with Crippen molar-refractivity contribution < 1.29 is 4.42 Å². The van der Waals surface area contributed by atoms with E-state index >= 15 is 0 Å². The SMILES string of the molecule is NCCCc1nc(-c2coc3ccccc23)cnc1N. The smallest absolute Gasteiger partial charge is 0.145 e. The molecule has 20 heavy (non-hydrogen) atoms. The number of rotatable bonds is 4. The summed E-state index contributed by atoms with van der Waals surface area (Å²) < 4.78 is 5.54. The van der Waals surface area contributed by atoms with E-state index < -0.39 is 0 Å². The molecule has 5 heteroatoms. The van der Waals surface area contributed by atoms with E-state index in [1.54, 1.807) is 12.5 Å². The topological polar surface area (TPSA) is 91.0 Å². The van der Waals surface area contributed by atoms with Crippen molar-refractivity contribution in [2.24, 2.45) is 5.73 Å². The van der Waals surface area contributed by atoms with Gasteiger partial charge in [-0.25, -0.2) is 9.97 Å². The molecule has 0 spiro atoms. The van der Waals surface area contributed by atoms with E-state index in [-0.39, 0.29) is 0 Å². The van der Waals surface area contributed by atoms with Crippen LogP contribution in [0, 0.1) is 0 Å². The van der Waals surface area contributed by atoms with E-state index in [1.165, 1.54) is 0 Å². The molecule has 2 heterocycles. The van der Waals surface area contributed by atoms with Gasteiger partial charge < -0.3 is 15.9 Å². The van der Waals surface area contributed by atoms with E-state index in [0.29, 0.717) is 12.4 Å². The highest BCUT2D eigenvalue weighted by Crippen LogP contribution is 2.29. The number of para-hydroxylation sites is 1. The van der Waals surface area contributed by atoms with Crippen LogP contribution in [0.25, 0.3) is 22.2 Å². The van der Waals surface area contributed by atoms with Gasteiger partial charge in [0.15, 0.2) is 0 Å². The third kappa shape index (κ3) is 2.23. The molecule has 0 saturated carbocycles. The Hall–Kier alpha value is -2.40. The second-order valence-corrected chi connectivity index (χ2v) is 4.62. The first kappa shape index (κ1) is 12.6. The molecule has 0 aliphatic heterocycles. The van der Waals surface area contributed by atoms with Crippen LogP contribution < -0.4 is 11.5 Å². The first-order valence-electron chi connectivity index (χ1n) is 6.57. The first-order valence-corrected chi connectivity index (χ1v) is 6.57. The van der Waals surface area contributed by atoms with Crippen molar-refractivity contribution in [1.29, 1.82) is 0 Å². The van der Waals surface area contributed by atoms with Gasteiger partial charge in [-0.1, -0.05) is 18.2 Å². The molecule has 0 unspecified atom stereocenters. The lowest BCUT2D eigenvalue weighted by Gasteiger charge is -2.05. The average molecular weight is 268 g/mol. The highest BCUT2D eigenvalue weighted by atomic mass is 16.3. The Labute approximate surface area is 116 Å². The van der Waals surface area contributed by atoms with Crippen molar-refractivity contribution in [3.05, 3.63) is 42.4 Å². The van der Waals surface area contributed by atoms with Crippen LogP contribution in [-0.4, -0.2) is 16.5 Å². The maximum atomic E-state index is 5.86. The summed E-state index contributed by atoms with van der Waals surface area (Å²) in [5, 5.41) is 1.02. The minimum absolute atomic E-state index is 0.468. The number of benzene rings is 1. The van der Waals surface area contributed by atoms with Crippen LogP contribution in [-0.2, 0) is 6.42 Å². The Morgan fingerprint density at radius 3 is 2.90 bits per heavy atom. The van der Waals surface area contributed by atoms with Crippen molar-refractivity contribution in [2.45, 2.75) is 12.8 Å². The molecule has 2 aromatic heterocycles. The number of hydrogen-bond donors (Lipinski definition) is 2. The molecule has 0 aliphatic carbocycles. The lowest BCUT2D eigenvalue weighted by Crippen LogP contribution is -2.06. The van der Waals surface area contributed by atoms with Gasteiger partial charge in [-0.3, -0.25) is 0 Å². The van der Waals surface area contributed by atoms with Gasteiger partial charge in [0, 0.05) is 10.9 Å². The lowest BCUT2D eigenvalue weighted by molar-refractivity contribution is 0.616. The summed E-state index contributed by atoms with van der Waals surface area (Å²) in [6.07, 6.45) is 4.96. The Morgan fingerprint density at radius 2 is 2.05 bits per heavy atom. The Bertz CT molecular complexity index is 736. The number of hydrogen-bond acceptors (Lipinski definition) is 5. The standard InChI is InChI=1S/C15H16N4O/c16-7-3-5-12-15(17)18-8-13(19-12)11-9-20-14-6-2-1-4-10(11)14/h1-2,4,6,8-9H,3,5,7,16H2,(H2,17,18). The molecule has 4 N–H and O–H groups in total. The minimum Gasteiger partial charge on any atom is -0.464 e. The summed E-state index contributed by atoms with van der Waals surface area (Å²) in [6.45, 7) is 0.611. The molecule has 0 fully saturated rings. The number of anilines is 1. The van der Waals surface area contributed by atoms with Crippen LogP contribution in [0.4, 0.5) is 5.82 Å². The van der Waals surface area contributed by atoms with Crippen LogP contribution >= 0.6 is 0 Å². The van der Waals surface area contributed by atoms with Crippen molar-refractivity contribution in [1.82, 2.24) is 9.97 Å². The minimum atomic E-state index is 0.468. The molecule has 5 nitrogen and oxygen atoms in total. The van der Waals surface area contributed by atoms with Crippen LogP contribution in [0.1, 0.15) is 12.1 Å². The van der Waals surface area contributed by atoms with Crippen LogP contribution in [0.15, 0.2) is 41.1 Å². The molecule has 3 rings (SSSR count). The highest BCUT2D eigenvalue weighted by molar-refractivity contribution is 5.92. The molecule has 0 amide bonds. The number of furan rings is 1. The third-order valence-electron chi connectivity index (χ3n) is 3.25. The predicted octanol–water partition coefficient (Wildman–Crippen LogP) is 2.36. The Kier molecular flexibility index (Phi) is 3.35. The van der Waals surface area contributed by atoms with Crippen molar-refractivity contribution in [2.75, 3.05) is 12.3 Å². The van der Waals surface area contributed by atoms with Gasteiger partial charge in [-0.05, 0) is 25.5 Å². The molecular formula is C15H16N4O. The largest absolute Gasteiger partial charge is 0.464 e. The van der Waals surface area contributed by atoms with Crippen molar-refractivity contribution in [3.63, 3.8) is 0 Å². The van der Waals surface area contributed by atoms with Gasteiger partial charge in [0.05, 0.1) is 17.6 Å². The average Bonchev–Trinajstić information content (AvgIpc) is 2.90. The molecule has 1 aromatic carbocycles. The summed E-state index contributed by atoms with van der Waals surface area (Å²) in [5.74, 6) is 0.468. The van der Waals surface area contributed by atoms with E-state index in [2.05, 4.69) is 9.97 Å². The predicted molar refractivity (Wildman–Crippen MR) is 79.0 cm³/mol. The zero-order valence-corrected chi connectivity index (χ0v) is 11.0. The van der Waals surface area contributed by atoms with Crippen LogP contribution in [0.3, 0.4) is 0 Å². The number of nitrogen functional groups attached to an aromatic ring is 1. The van der Waals surface area contributed by atoms with Crippen molar-refractivity contribution >= 4 is 16.8 Å². The maximum absolute atomic E-state index is 5.86. The Morgan fingerprint density at radius 1 is 1.20 bits per heavy atom. The molecule has 3 aromatic rings. The number of fused-ring (bicyclic) bond motifs is 1. The molecule has 102 valence electrons. The van der Waals surface area contributed by atoms with Gasteiger partial charge in [-0.15, -0.1) is 0 Å². The summed E-state index contributed by atoms with van der Waals surface area (Å²) in [5.41, 5.74) is 14.7. The van der Waals surface area contributed by atoms with Crippen LogP contribution in [0.2, 0.25) is 0 Å². The normalized spacial score (nSPS) is 11.1. The van der Waals surface area contributed by atoms with E-state index in [4.69, 9.17) is 15.9 Å². The highest BCUT2D eigenvalue weighted by Gasteiger charge is 2.11. The zero-order chi connectivity index (χ0) is 13.9. The molecule has 0 bridgehead atoms. The maximum Gasteiger partial charge on any atom is 0.145 e. The number of aromatic nitrogens is 2. The third-order valence-corrected chi connectivity index (χ3v) is 3.25. The first-order chi connectivity index (χ1) is 9.79. The summed E-state index contributed by atoms with van der Waals surface area (Å²) in [4.78, 5) is 8.83. The van der Waals surface area contributed by atoms with E-state index in [0.717, 1.165) is 40.8 Å². The second-order valence-electron chi connectivity index (χ2n) is 4.62. The quantitative estimate of drug-likeness (QED) is 0.758. The fourth-order valence-corrected chi connectivity index (χ4v) is 2.20. The summed E-state index contributed by atoms with van der Waals surface area (Å²) in [6, 6.07) is 7.85. The monoisotopic (exact) mass is 268 g/mol. The summed E-state index contributed by atoms with van der Waals surface area (Å²) in [7, 11) is 0. The number of nitrogens with zero attached hydrogens (tertiary/aromatic N) is 2. The lowest BCUT2D eigenvalue weighted by atomic mass is 10.1.